The number of hydrogen-bond donors (Lipinski definition) is 0. The van der Waals surface area contributed by atoms with E-state index in [0.29, 0.717) is 0 Å². The molecule has 3 aromatic carbocycles. The maximum absolute atomic E-state index is 12.9. The molecule has 0 bridgehead atoms. The van der Waals surface area contributed by atoms with Gasteiger partial charge < -0.3 is 4.74 Å². The van der Waals surface area contributed by atoms with Crippen LogP contribution in [-0.4, -0.2) is 20.2 Å². The summed E-state index contributed by atoms with van der Waals surface area (Å²) in [5.41, 5.74) is 2.15. The van der Waals surface area contributed by atoms with Gasteiger partial charge in [0.2, 0.25) is 9.84 Å². The van der Waals surface area contributed by atoms with Gasteiger partial charge >= 0.3 is 5.97 Å². The molecule has 0 amide bonds. The normalized spacial score (nSPS) is 14.1. The van der Waals surface area contributed by atoms with Gasteiger partial charge in [-0.3, -0.25) is 4.79 Å². The van der Waals surface area contributed by atoms with Crippen LogP contribution in [0.4, 0.5) is 0 Å². The number of hydrogen-bond acceptors (Lipinski definition) is 5. The van der Waals surface area contributed by atoms with Crippen LogP contribution in [0.5, 0.6) is 0 Å². The molecule has 140 valence electrons. The van der Waals surface area contributed by atoms with E-state index in [2.05, 4.69) is 0 Å². The molecule has 0 N–H and O–H groups in total. The number of ketones is 1. The lowest BCUT2D eigenvalue weighted by molar-refractivity contribution is 0.0471. The standard InChI is InChI=1S/C22H16O5S/c1-14-6-2-3-7-16(14)13-27-22(24)15-10-11-18-20(12-15)28(25,26)19-9-5-4-8-17(19)21(18)23/h2-12H,13H2,1H3. The smallest absolute Gasteiger partial charge is 0.338 e. The lowest BCUT2D eigenvalue weighted by Gasteiger charge is -2.19. The van der Waals surface area contributed by atoms with E-state index in [1.165, 1.54) is 30.3 Å². The molecule has 3 aromatic rings. The van der Waals surface area contributed by atoms with Crippen LogP contribution in [0.25, 0.3) is 0 Å². The molecule has 0 radical (unpaired) electrons. The number of esters is 1. The van der Waals surface area contributed by atoms with Crippen LogP contribution in [0.1, 0.15) is 37.4 Å². The Labute approximate surface area is 162 Å². The van der Waals surface area contributed by atoms with Crippen LogP contribution in [0.15, 0.2) is 76.5 Å². The summed E-state index contributed by atoms with van der Waals surface area (Å²) in [6.07, 6.45) is 0. The molecule has 0 aromatic heterocycles. The van der Waals surface area contributed by atoms with Crippen molar-refractivity contribution in [3.05, 3.63) is 94.5 Å². The molecule has 1 heterocycles. The van der Waals surface area contributed by atoms with Gasteiger partial charge in [0.25, 0.3) is 0 Å². The van der Waals surface area contributed by atoms with Crippen LogP contribution in [0, 0.1) is 6.92 Å². The molecule has 1 aliphatic rings. The highest BCUT2D eigenvalue weighted by atomic mass is 32.2. The number of aryl methyl sites for hydroxylation is 1. The molecule has 0 aliphatic carbocycles. The Morgan fingerprint density at radius 1 is 0.893 bits per heavy atom. The van der Waals surface area contributed by atoms with Crippen LogP contribution in [0.3, 0.4) is 0 Å². The first-order chi connectivity index (χ1) is 13.4. The van der Waals surface area contributed by atoms with Crippen LogP contribution in [-0.2, 0) is 21.2 Å². The molecule has 0 atom stereocenters. The maximum atomic E-state index is 12.9. The number of carbonyl (C=O) groups is 2. The van der Waals surface area contributed by atoms with E-state index < -0.39 is 15.8 Å². The van der Waals surface area contributed by atoms with Crippen molar-refractivity contribution in [3.8, 4) is 0 Å². The van der Waals surface area contributed by atoms with Crippen molar-refractivity contribution in [2.45, 2.75) is 23.3 Å². The molecule has 0 spiro atoms. The molecule has 28 heavy (non-hydrogen) atoms. The summed E-state index contributed by atoms with van der Waals surface area (Å²) >= 11 is 0. The van der Waals surface area contributed by atoms with Gasteiger partial charge in [-0.05, 0) is 48.4 Å². The maximum Gasteiger partial charge on any atom is 0.338 e. The molecule has 0 saturated heterocycles. The lowest BCUT2D eigenvalue weighted by Crippen LogP contribution is -2.21. The van der Waals surface area contributed by atoms with Gasteiger partial charge in [-0.15, -0.1) is 0 Å². The predicted molar refractivity (Wildman–Crippen MR) is 102 cm³/mol. The van der Waals surface area contributed by atoms with E-state index in [-0.39, 0.29) is 38.9 Å². The van der Waals surface area contributed by atoms with Gasteiger partial charge in [-0.2, -0.15) is 0 Å². The van der Waals surface area contributed by atoms with Crippen molar-refractivity contribution in [2.75, 3.05) is 0 Å². The van der Waals surface area contributed by atoms with Gasteiger partial charge in [0.1, 0.15) is 6.61 Å². The Balaban J connectivity index is 1.67. The molecule has 0 saturated carbocycles. The van der Waals surface area contributed by atoms with E-state index in [4.69, 9.17) is 4.74 Å². The highest BCUT2D eigenvalue weighted by molar-refractivity contribution is 7.91. The van der Waals surface area contributed by atoms with Crippen molar-refractivity contribution < 1.29 is 22.7 Å². The SMILES string of the molecule is Cc1ccccc1COC(=O)c1ccc2c(c1)S(=O)(=O)c1ccccc1C2=O. The number of rotatable bonds is 3. The minimum atomic E-state index is -3.89. The Kier molecular flexibility index (Phi) is 4.35. The molecular formula is C22H16O5S. The third kappa shape index (κ3) is 2.92. The highest BCUT2D eigenvalue weighted by Crippen LogP contribution is 2.34. The topological polar surface area (TPSA) is 77.5 Å². The van der Waals surface area contributed by atoms with Crippen molar-refractivity contribution in [1.29, 1.82) is 0 Å². The minimum Gasteiger partial charge on any atom is -0.457 e. The lowest BCUT2D eigenvalue weighted by atomic mass is 10.0. The molecule has 0 unspecified atom stereocenters. The summed E-state index contributed by atoms with van der Waals surface area (Å²) < 4.78 is 31.2. The van der Waals surface area contributed by atoms with Gasteiger partial charge in [0.15, 0.2) is 5.78 Å². The second-order valence-electron chi connectivity index (χ2n) is 6.54. The second-order valence-corrected chi connectivity index (χ2v) is 8.43. The first kappa shape index (κ1) is 18.1. The second kappa shape index (κ2) is 6.73. The van der Waals surface area contributed by atoms with Crippen LogP contribution >= 0.6 is 0 Å². The summed E-state index contributed by atoms with van der Waals surface area (Å²) in [6.45, 7) is 1.99. The fraction of sp³-hybridized carbons (Fsp3) is 0.0909. The quantitative estimate of drug-likeness (QED) is 0.497. The zero-order valence-electron chi connectivity index (χ0n) is 15.0. The monoisotopic (exact) mass is 392 g/mol. The summed E-state index contributed by atoms with van der Waals surface area (Å²) in [4.78, 5) is 24.9. The number of sulfone groups is 1. The molecule has 0 fully saturated rings. The Morgan fingerprint density at radius 2 is 1.57 bits per heavy atom. The van der Waals surface area contributed by atoms with Crippen molar-refractivity contribution >= 4 is 21.6 Å². The number of carbonyl (C=O) groups excluding carboxylic acids is 2. The molecular weight excluding hydrogens is 376 g/mol. The zero-order valence-corrected chi connectivity index (χ0v) is 15.8. The third-order valence-electron chi connectivity index (χ3n) is 4.79. The number of ether oxygens (including phenoxy) is 1. The average molecular weight is 392 g/mol. The molecule has 5 nitrogen and oxygen atoms in total. The van der Waals surface area contributed by atoms with Gasteiger partial charge in [0.05, 0.1) is 15.4 Å². The van der Waals surface area contributed by atoms with E-state index in [0.717, 1.165) is 11.1 Å². The minimum absolute atomic E-state index is 0.0436. The molecule has 1 aliphatic heterocycles. The van der Waals surface area contributed by atoms with Crippen molar-refractivity contribution in [3.63, 3.8) is 0 Å². The van der Waals surface area contributed by atoms with Crippen LogP contribution in [0.2, 0.25) is 0 Å². The van der Waals surface area contributed by atoms with Crippen LogP contribution < -0.4 is 0 Å². The van der Waals surface area contributed by atoms with Gasteiger partial charge in [-0.25, -0.2) is 13.2 Å². The summed E-state index contributed by atoms with van der Waals surface area (Å²) in [7, 11) is -3.89. The summed E-state index contributed by atoms with van der Waals surface area (Å²) in [6, 6.07) is 17.6. The highest BCUT2D eigenvalue weighted by Gasteiger charge is 2.35. The fourth-order valence-corrected chi connectivity index (χ4v) is 4.89. The van der Waals surface area contributed by atoms with Gasteiger partial charge in [0, 0.05) is 11.1 Å². The van der Waals surface area contributed by atoms with E-state index in [1.807, 2.05) is 31.2 Å². The average Bonchev–Trinajstić information content (AvgIpc) is 2.71. The number of benzene rings is 3. The third-order valence-corrected chi connectivity index (χ3v) is 6.64. The Bertz CT molecular complexity index is 1230. The Morgan fingerprint density at radius 3 is 2.36 bits per heavy atom. The van der Waals surface area contributed by atoms with Gasteiger partial charge in [-0.1, -0.05) is 36.4 Å². The molecule has 6 heteroatoms. The van der Waals surface area contributed by atoms with Crippen molar-refractivity contribution in [2.24, 2.45) is 0 Å². The largest absolute Gasteiger partial charge is 0.457 e. The zero-order chi connectivity index (χ0) is 19.9. The van der Waals surface area contributed by atoms with Crippen molar-refractivity contribution in [1.82, 2.24) is 0 Å². The summed E-state index contributed by atoms with van der Waals surface area (Å²) in [5.74, 6) is -1.02. The first-order valence-corrected chi connectivity index (χ1v) is 10.1. The fourth-order valence-electron chi connectivity index (χ4n) is 3.21. The number of fused-ring (bicyclic) bond motifs is 2. The Hall–Kier alpha value is -3.25. The predicted octanol–water partition coefficient (Wildman–Crippen LogP) is 3.73. The van der Waals surface area contributed by atoms with E-state index in [1.54, 1.807) is 12.1 Å². The first-order valence-electron chi connectivity index (χ1n) is 8.64. The van der Waals surface area contributed by atoms with E-state index in [9.17, 15) is 18.0 Å². The molecule has 4 rings (SSSR count). The summed E-state index contributed by atoms with van der Waals surface area (Å²) in [5, 5.41) is 0. The van der Waals surface area contributed by atoms with E-state index >= 15 is 0 Å².